The largest absolute Gasteiger partial charge is 0.494 e. The number of amides is 1. The highest BCUT2D eigenvalue weighted by molar-refractivity contribution is 6.02. The van der Waals surface area contributed by atoms with E-state index >= 15 is 0 Å². The molecule has 0 saturated carbocycles. The highest BCUT2D eigenvalue weighted by Crippen LogP contribution is 2.41. The number of rotatable bonds is 8. The SMILES string of the molecule is C=CC(=O)Nc1cc(Nc2cc(N3OCCC3c3cc(F)cc(C(F)(F)F)c3)ncn2)c(OC)cc1N1CCN(C)CC1. The van der Waals surface area contributed by atoms with Gasteiger partial charge in [0.15, 0.2) is 5.82 Å². The van der Waals surface area contributed by atoms with Crippen LogP contribution in [-0.2, 0) is 15.8 Å². The summed E-state index contributed by atoms with van der Waals surface area (Å²) in [6.07, 6.45) is -1.92. The zero-order valence-corrected chi connectivity index (χ0v) is 23.6. The highest BCUT2D eigenvalue weighted by Gasteiger charge is 2.35. The Hall–Kier alpha value is -4.43. The molecule has 14 heteroatoms. The number of carbonyl (C=O) groups is 1. The lowest BCUT2D eigenvalue weighted by atomic mass is 10.0. The van der Waals surface area contributed by atoms with Crippen molar-refractivity contribution in [1.82, 2.24) is 14.9 Å². The molecule has 0 bridgehead atoms. The number of anilines is 5. The van der Waals surface area contributed by atoms with Crippen LogP contribution in [0.2, 0.25) is 0 Å². The van der Waals surface area contributed by atoms with Gasteiger partial charge in [-0.1, -0.05) is 6.58 Å². The van der Waals surface area contributed by atoms with Crippen molar-refractivity contribution in [3.8, 4) is 5.75 Å². The van der Waals surface area contributed by atoms with E-state index in [1.165, 1.54) is 24.6 Å². The monoisotopic (exact) mass is 601 g/mol. The Labute approximate surface area is 245 Å². The summed E-state index contributed by atoms with van der Waals surface area (Å²) in [4.78, 5) is 30.9. The second kappa shape index (κ2) is 12.4. The number of methoxy groups -OCH3 is 1. The first kappa shape index (κ1) is 30.0. The molecule has 228 valence electrons. The first-order valence-electron chi connectivity index (χ1n) is 13.5. The van der Waals surface area contributed by atoms with Crippen LogP contribution < -0.4 is 25.3 Å². The van der Waals surface area contributed by atoms with Crippen molar-refractivity contribution in [2.24, 2.45) is 0 Å². The molecule has 43 heavy (non-hydrogen) atoms. The number of hydrogen-bond acceptors (Lipinski definition) is 9. The van der Waals surface area contributed by atoms with Gasteiger partial charge < -0.3 is 25.2 Å². The van der Waals surface area contributed by atoms with Crippen LogP contribution in [0.4, 0.5) is 46.3 Å². The van der Waals surface area contributed by atoms with E-state index in [4.69, 9.17) is 9.57 Å². The van der Waals surface area contributed by atoms with Crippen molar-refractivity contribution in [2.45, 2.75) is 18.6 Å². The van der Waals surface area contributed by atoms with Gasteiger partial charge in [0.25, 0.3) is 0 Å². The number of alkyl halides is 3. The van der Waals surface area contributed by atoms with Gasteiger partial charge in [0, 0.05) is 44.7 Å². The molecule has 3 aromatic rings. The topological polar surface area (TPSA) is 95.1 Å². The molecule has 2 fully saturated rings. The van der Waals surface area contributed by atoms with Crippen molar-refractivity contribution in [3.05, 3.63) is 72.3 Å². The van der Waals surface area contributed by atoms with Crippen LogP contribution in [0.25, 0.3) is 0 Å². The summed E-state index contributed by atoms with van der Waals surface area (Å²) in [5.41, 5.74) is 0.855. The zero-order valence-electron chi connectivity index (χ0n) is 23.6. The van der Waals surface area contributed by atoms with E-state index in [-0.39, 0.29) is 23.9 Å². The Morgan fingerprint density at radius 3 is 2.56 bits per heavy atom. The minimum absolute atomic E-state index is 0.113. The van der Waals surface area contributed by atoms with Crippen molar-refractivity contribution in [3.63, 3.8) is 0 Å². The number of ether oxygens (including phenoxy) is 1. The molecule has 2 aliphatic heterocycles. The first-order chi connectivity index (χ1) is 20.5. The van der Waals surface area contributed by atoms with Gasteiger partial charge in [-0.2, -0.15) is 13.2 Å². The molecule has 1 amide bonds. The quantitative estimate of drug-likeness (QED) is 0.269. The number of likely N-dealkylation sites (N-methyl/N-ethyl adjacent to an activating group) is 1. The van der Waals surface area contributed by atoms with Crippen LogP contribution in [0, 0.1) is 5.82 Å². The number of carbonyl (C=O) groups excluding carboxylic acids is 1. The molecular weight excluding hydrogens is 570 g/mol. The van der Waals surface area contributed by atoms with Gasteiger partial charge >= 0.3 is 6.18 Å². The maximum atomic E-state index is 14.2. The van der Waals surface area contributed by atoms with E-state index in [1.54, 1.807) is 12.1 Å². The third kappa shape index (κ3) is 6.81. The molecule has 2 aromatic carbocycles. The smallest absolute Gasteiger partial charge is 0.416 e. The number of nitrogens with zero attached hydrogens (tertiary/aromatic N) is 5. The summed E-state index contributed by atoms with van der Waals surface area (Å²) < 4.78 is 59.9. The number of piperazine rings is 1. The molecule has 2 saturated heterocycles. The highest BCUT2D eigenvalue weighted by atomic mass is 19.4. The van der Waals surface area contributed by atoms with E-state index in [2.05, 4.69) is 44.0 Å². The summed E-state index contributed by atoms with van der Waals surface area (Å²) in [7, 11) is 3.58. The molecule has 3 heterocycles. The van der Waals surface area contributed by atoms with Crippen LogP contribution in [0.5, 0.6) is 5.75 Å². The number of benzene rings is 2. The number of nitrogens with one attached hydrogen (secondary N) is 2. The molecule has 5 rings (SSSR count). The van der Waals surface area contributed by atoms with Gasteiger partial charge in [-0.3, -0.25) is 9.63 Å². The third-order valence-electron chi connectivity index (χ3n) is 7.28. The predicted octanol–water partition coefficient (Wildman–Crippen LogP) is 5.15. The molecule has 10 nitrogen and oxygen atoms in total. The maximum Gasteiger partial charge on any atom is 0.416 e. The molecule has 2 N–H and O–H groups in total. The standard InChI is InChI=1S/C29H31F4N7O3/c1-4-28(41)37-21-14-22(25(42-3)15-24(21)39-8-6-38(2)7-9-39)36-26-16-27(35-17-34-26)40-23(5-10-43-40)18-11-19(29(31,32)33)13-20(30)12-18/h4,11-17,23H,1,5-10H2,2-3H3,(H,37,41)(H,34,35,36). The maximum absolute atomic E-state index is 14.2. The number of aromatic nitrogens is 2. The summed E-state index contributed by atoms with van der Waals surface area (Å²) in [6.45, 7) is 6.97. The molecule has 2 aliphatic rings. The molecule has 1 atom stereocenters. The fraction of sp³-hybridized carbons (Fsp3) is 0.345. The minimum atomic E-state index is -4.70. The first-order valence-corrected chi connectivity index (χ1v) is 13.5. The molecular formula is C29H31F4N7O3. The van der Waals surface area contributed by atoms with Crippen LogP contribution >= 0.6 is 0 Å². The Kier molecular flexibility index (Phi) is 8.69. The third-order valence-corrected chi connectivity index (χ3v) is 7.28. The predicted molar refractivity (Wildman–Crippen MR) is 154 cm³/mol. The van der Waals surface area contributed by atoms with Gasteiger partial charge in [-0.25, -0.2) is 19.4 Å². The van der Waals surface area contributed by atoms with E-state index in [0.29, 0.717) is 35.4 Å². The Bertz CT molecular complexity index is 1500. The summed E-state index contributed by atoms with van der Waals surface area (Å²) in [5.74, 6) is -0.306. The normalized spacial score (nSPS) is 17.6. The lowest BCUT2D eigenvalue weighted by Gasteiger charge is -2.35. The average Bonchev–Trinajstić information content (AvgIpc) is 3.47. The molecule has 0 aliphatic carbocycles. The van der Waals surface area contributed by atoms with Gasteiger partial charge in [0.2, 0.25) is 5.91 Å². The minimum Gasteiger partial charge on any atom is -0.494 e. The van der Waals surface area contributed by atoms with Gasteiger partial charge in [-0.05, 0) is 43.0 Å². The van der Waals surface area contributed by atoms with E-state index in [0.717, 1.165) is 44.0 Å². The van der Waals surface area contributed by atoms with Gasteiger partial charge in [0.1, 0.15) is 23.7 Å². The summed E-state index contributed by atoms with van der Waals surface area (Å²) in [6, 6.07) is 6.85. The van der Waals surface area contributed by atoms with Crippen LogP contribution in [-0.4, -0.2) is 67.7 Å². The van der Waals surface area contributed by atoms with Crippen LogP contribution in [0.15, 0.2) is 55.4 Å². The zero-order chi connectivity index (χ0) is 30.7. The molecule has 0 radical (unpaired) electrons. The summed E-state index contributed by atoms with van der Waals surface area (Å²) in [5, 5.41) is 7.40. The summed E-state index contributed by atoms with van der Waals surface area (Å²) >= 11 is 0. The Morgan fingerprint density at radius 1 is 1.09 bits per heavy atom. The van der Waals surface area contributed by atoms with Crippen molar-refractivity contribution in [1.29, 1.82) is 0 Å². The van der Waals surface area contributed by atoms with Gasteiger partial charge in [-0.15, -0.1) is 0 Å². The van der Waals surface area contributed by atoms with E-state index in [9.17, 15) is 22.4 Å². The van der Waals surface area contributed by atoms with Crippen molar-refractivity contribution in [2.75, 3.05) is 67.5 Å². The number of hydroxylamine groups is 1. The lowest BCUT2D eigenvalue weighted by molar-refractivity contribution is -0.137. The molecule has 1 aromatic heterocycles. The Balaban J connectivity index is 1.44. The second-order valence-electron chi connectivity index (χ2n) is 10.2. The number of hydrogen-bond donors (Lipinski definition) is 2. The van der Waals surface area contributed by atoms with Crippen LogP contribution in [0.3, 0.4) is 0 Å². The van der Waals surface area contributed by atoms with Crippen molar-refractivity contribution >= 4 is 34.6 Å². The van der Waals surface area contributed by atoms with Crippen molar-refractivity contribution < 1.29 is 31.9 Å². The second-order valence-corrected chi connectivity index (χ2v) is 10.2. The molecule has 0 spiro atoms. The number of halogens is 4. The lowest BCUT2D eigenvalue weighted by Crippen LogP contribution is -2.44. The fourth-order valence-corrected chi connectivity index (χ4v) is 5.07. The Morgan fingerprint density at radius 2 is 1.86 bits per heavy atom. The average molecular weight is 602 g/mol. The van der Waals surface area contributed by atoms with E-state index in [1.807, 2.05) is 6.07 Å². The van der Waals surface area contributed by atoms with Crippen LogP contribution in [0.1, 0.15) is 23.6 Å². The fourth-order valence-electron chi connectivity index (χ4n) is 5.07. The van der Waals surface area contributed by atoms with E-state index < -0.39 is 23.6 Å². The molecule has 1 unspecified atom stereocenters. The van der Waals surface area contributed by atoms with Gasteiger partial charge in [0.05, 0.1) is 42.4 Å².